The number of aryl methyl sites for hydroxylation is 1. The van der Waals surface area contributed by atoms with Crippen molar-refractivity contribution in [1.82, 2.24) is 0 Å². The summed E-state index contributed by atoms with van der Waals surface area (Å²) in [6.45, 7) is 1.88. The van der Waals surface area contributed by atoms with Crippen molar-refractivity contribution in [3.05, 3.63) is 70.7 Å². The summed E-state index contributed by atoms with van der Waals surface area (Å²) >= 11 is 5.95. The van der Waals surface area contributed by atoms with Crippen LogP contribution in [0.4, 0.5) is 5.69 Å². The maximum Gasteiger partial charge on any atom is 0.259 e. The van der Waals surface area contributed by atoms with Gasteiger partial charge in [-0.15, -0.1) is 0 Å². The van der Waals surface area contributed by atoms with Gasteiger partial charge in [-0.05, 0) is 47.5 Å². The molecule has 5 heteroatoms. The van der Waals surface area contributed by atoms with Crippen LogP contribution in [0.25, 0.3) is 10.8 Å². The molecule has 1 amide bonds. The third kappa shape index (κ3) is 3.88. The number of hydrogen-bond acceptors (Lipinski definition) is 2. The van der Waals surface area contributed by atoms with Gasteiger partial charge in [0, 0.05) is 40.3 Å². The van der Waals surface area contributed by atoms with Crippen molar-refractivity contribution >= 4 is 63.5 Å². The third-order valence-corrected chi connectivity index (χ3v) is 3.79. The van der Waals surface area contributed by atoms with Crippen LogP contribution in [0.3, 0.4) is 0 Å². The molecule has 0 saturated heterocycles. The number of aromatic hydroxyl groups is 1. The van der Waals surface area contributed by atoms with Crippen molar-refractivity contribution in [1.29, 1.82) is 0 Å². The quantitative estimate of drug-likeness (QED) is 0.683. The van der Waals surface area contributed by atoms with E-state index < -0.39 is 0 Å². The predicted octanol–water partition coefficient (Wildman–Crippen LogP) is 4.38. The number of phenolic OH excluding ortho intramolecular Hbond substituents is 1. The van der Waals surface area contributed by atoms with Gasteiger partial charge in [0.05, 0.1) is 5.56 Å². The number of carbonyl (C=O) groups is 1. The topological polar surface area (TPSA) is 49.3 Å². The minimum Gasteiger partial charge on any atom is -0.507 e. The fraction of sp³-hybridized carbons (Fsp3) is 0.0556. The molecule has 3 aromatic carbocycles. The number of benzene rings is 3. The number of phenols is 1. The Kier molecular flexibility index (Phi) is 5.71. The Morgan fingerprint density at radius 1 is 1.04 bits per heavy atom. The summed E-state index contributed by atoms with van der Waals surface area (Å²) in [6.07, 6.45) is 0. The molecule has 0 heterocycles. The molecule has 3 aromatic rings. The standard InChI is InChI=1S/C18H14ClNO2.Na/c1-11-6-7-14(19)10-16(11)20-18(22)15-8-12-4-2-3-5-13(12)9-17(15)21;/h2-10,21H,1H3,(H,20,22);. The maximum atomic E-state index is 12.4. The molecule has 1 radical (unpaired) electrons. The Bertz CT molecular complexity index is 880. The number of rotatable bonds is 2. The average Bonchev–Trinajstić information content (AvgIpc) is 2.50. The normalized spacial score (nSPS) is 10.2. The van der Waals surface area contributed by atoms with E-state index >= 15 is 0 Å². The van der Waals surface area contributed by atoms with E-state index in [4.69, 9.17) is 11.6 Å². The average molecular weight is 335 g/mol. The molecule has 0 aliphatic carbocycles. The first-order valence-corrected chi connectivity index (χ1v) is 7.21. The van der Waals surface area contributed by atoms with Gasteiger partial charge in [-0.25, -0.2) is 0 Å². The summed E-state index contributed by atoms with van der Waals surface area (Å²) in [5, 5.41) is 15.2. The molecule has 0 aromatic heterocycles. The van der Waals surface area contributed by atoms with Gasteiger partial charge in [-0.2, -0.15) is 0 Å². The van der Waals surface area contributed by atoms with E-state index in [2.05, 4.69) is 5.32 Å². The Labute approximate surface area is 161 Å². The zero-order chi connectivity index (χ0) is 15.7. The van der Waals surface area contributed by atoms with E-state index in [-0.39, 0.29) is 46.8 Å². The Hall–Kier alpha value is -1.52. The van der Waals surface area contributed by atoms with E-state index in [0.717, 1.165) is 16.3 Å². The molecular formula is C18H14ClNNaO2. The van der Waals surface area contributed by atoms with E-state index in [1.807, 2.05) is 37.3 Å². The van der Waals surface area contributed by atoms with Crippen molar-refractivity contribution in [2.24, 2.45) is 0 Å². The number of anilines is 1. The minimum atomic E-state index is -0.367. The third-order valence-electron chi connectivity index (χ3n) is 3.56. The Morgan fingerprint density at radius 3 is 2.39 bits per heavy atom. The smallest absolute Gasteiger partial charge is 0.259 e. The molecule has 0 fully saturated rings. The largest absolute Gasteiger partial charge is 0.507 e. The van der Waals surface area contributed by atoms with Crippen LogP contribution in [0, 0.1) is 6.92 Å². The Morgan fingerprint density at radius 2 is 1.70 bits per heavy atom. The van der Waals surface area contributed by atoms with Gasteiger partial charge in [0.2, 0.25) is 0 Å². The molecular weight excluding hydrogens is 321 g/mol. The number of amides is 1. The first-order valence-electron chi connectivity index (χ1n) is 6.84. The van der Waals surface area contributed by atoms with Crippen LogP contribution in [0.2, 0.25) is 5.02 Å². The van der Waals surface area contributed by atoms with Gasteiger partial charge < -0.3 is 10.4 Å². The first-order chi connectivity index (χ1) is 10.5. The molecule has 3 nitrogen and oxygen atoms in total. The number of carbonyl (C=O) groups excluding carboxylic acids is 1. The molecule has 0 aliphatic rings. The number of halogens is 1. The van der Waals surface area contributed by atoms with Crippen molar-refractivity contribution in [3.63, 3.8) is 0 Å². The fourth-order valence-electron chi connectivity index (χ4n) is 2.33. The number of fused-ring (bicyclic) bond motifs is 1. The molecule has 2 N–H and O–H groups in total. The van der Waals surface area contributed by atoms with E-state index in [9.17, 15) is 9.90 Å². The molecule has 0 saturated carbocycles. The molecule has 3 rings (SSSR count). The zero-order valence-electron chi connectivity index (χ0n) is 12.9. The molecule has 0 bridgehead atoms. The number of nitrogens with one attached hydrogen (secondary N) is 1. The monoisotopic (exact) mass is 334 g/mol. The second kappa shape index (κ2) is 7.37. The molecule has 23 heavy (non-hydrogen) atoms. The van der Waals surface area contributed by atoms with Gasteiger partial charge in [0.15, 0.2) is 0 Å². The van der Waals surface area contributed by atoms with Crippen LogP contribution < -0.4 is 5.32 Å². The molecule has 111 valence electrons. The van der Waals surface area contributed by atoms with Crippen molar-refractivity contribution in [2.75, 3.05) is 5.32 Å². The summed E-state index contributed by atoms with van der Waals surface area (Å²) < 4.78 is 0. The first kappa shape index (κ1) is 17.8. The summed E-state index contributed by atoms with van der Waals surface area (Å²) in [5.74, 6) is -0.412. The van der Waals surface area contributed by atoms with E-state index in [0.29, 0.717) is 10.7 Å². The minimum absolute atomic E-state index is 0. The van der Waals surface area contributed by atoms with Crippen LogP contribution in [-0.2, 0) is 0 Å². The van der Waals surface area contributed by atoms with Crippen LogP contribution in [0.5, 0.6) is 5.75 Å². The van der Waals surface area contributed by atoms with Crippen molar-refractivity contribution in [2.45, 2.75) is 6.92 Å². The Balaban J connectivity index is 0.00000192. The van der Waals surface area contributed by atoms with E-state index in [1.165, 1.54) is 0 Å². The van der Waals surface area contributed by atoms with Gasteiger partial charge >= 0.3 is 0 Å². The molecule has 0 atom stereocenters. The van der Waals surface area contributed by atoms with E-state index in [1.54, 1.807) is 24.3 Å². The van der Waals surface area contributed by atoms with Gasteiger partial charge in [-0.1, -0.05) is 41.9 Å². The molecule has 0 unspecified atom stereocenters. The van der Waals surface area contributed by atoms with Crippen LogP contribution in [0.1, 0.15) is 15.9 Å². The van der Waals surface area contributed by atoms with Gasteiger partial charge in [0.1, 0.15) is 5.75 Å². The maximum absolute atomic E-state index is 12.4. The van der Waals surface area contributed by atoms with Crippen LogP contribution >= 0.6 is 11.6 Å². The van der Waals surface area contributed by atoms with Crippen molar-refractivity contribution in [3.8, 4) is 5.75 Å². The predicted molar refractivity (Wildman–Crippen MR) is 95.5 cm³/mol. The number of hydrogen-bond donors (Lipinski definition) is 2. The molecule has 0 aliphatic heterocycles. The SMILES string of the molecule is Cc1ccc(Cl)cc1NC(=O)c1cc2ccccc2cc1O.[Na]. The zero-order valence-corrected chi connectivity index (χ0v) is 15.7. The van der Waals surface area contributed by atoms with Crippen molar-refractivity contribution < 1.29 is 9.90 Å². The second-order valence-electron chi connectivity index (χ2n) is 5.13. The summed E-state index contributed by atoms with van der Waals surface area (Å²) in [7, 11) is 0. The second-order valence-corrected chi connectivity index (χ2v) is 5.57. The van der Waals surface area contributed by atoms with Gasteiger partial charge in [-0.3, -0.25) is 4.79 Å². The van der Waals surface area contributed by atoms with Crippen LogP contribution in [-0.4, -0.2) is 40.6 Å². The summed E-state index contributed by atoms with van der Waals surface area (Å²) in [5.41, 5.74) is 1.76. The summed E-state index contributed by atoms with van der Waals surface area (Å²) in [4.78, 5) is 12.4. The van der Waals surface area contributed by atoms with Crippen LogP contribution in [0.15, 0.2) is 54.6 Å². The summed E-state index contributed by atoms with van der Waals surface area (Å²) in [6, 6.07) is 16.1. The molecule has 0 spiro atoms. The van der Waals surface area contributed by atoms with Gasteiger partial charge in [0.25, 0.3) is 5.91 Å². The fourth-order valence-corrected chi connectivity index (χ4v) is 2.50.